The highest BCUT2D eigenvalue weighted by Gasteiger charge is 2.15. The number of aromatic nitrogens is 4. The van der Waals surface area contributed by atoms with Gasteiger partial charge in [0.1, 0.15) is 12.3 Å². The van der Waals surface area contributed by atoms with E-state index in [9.17, 15) is 9.59 Å². The van der Waals surface area contributed by atoms with E-state index in [2.05, 4.69) is 23.9 Å². The average Bonchev–Trinajstić information content (AvgIpc) is 2.90. The van der Waals surface area contributed by atoms with Crippen molar-refractivity contribution in [2.45, 2.75) is 60.6 Å². The number of hydrogen-bond acceptors (Lipinski definition) is 5. The lowest BCUT2D eigenvalue weighted by atomic mass is 10.1. The Morgan fingerprint density at radius 2 is 1.97 bits per heavy atom. The first-order valence-electron chi connectivity index (χ1n) is 9.92. The third-order valence-electron chi connectivity index (χ3n) is 4.91. The third kappa shape index (κ3) is 4.91. The zero-order valence-corrected chi connectivity index (χ0v) is 17.7. The van der Waals surface area contributed by atoms with Crippen LogP contribution >= 0.6 is 0 Å². The molecule has 0 atom stereocenters. The molecule has 7 nitrogen and oxygen atoms in total. The van der Waals surface area contributed by atoms with Gasteiger partial charge in [0.25, 0.3) is 5.56 Å². The fourth-order valence-electron chi connectivity index (χ4n) is 3.40. The fraction of sp³-hybridized carbons (Fsp3) is 0.455. The number of esters is 1. The standard InChI is InChI=1S/C22H28N4O3/c1-14(2)12-26-17(5)19(16(4)24-26)6-7-22(28)29-13-18-11-21(27)25-9-8-15(3)10-20(25)23-18/h8-11,14H,6-7,12-13H2,1-5H3. The molecule has 3 aromatic heterocycles. The molecule has 0 aliphatic carbocycles. The Hall–Kier alpha value is -2.96. The monoisotopic (exact) mass is 396 g/mol. The number of aryl methyl sites for hydroxylation is 2. The van der Waals surface area contributed by atoms with E-state index in [1.54, 1.807) is 6.20 Å². The number of ether oxygens (including phenoxy) is 1. The average molecular weight is 396 g/mol. The molecule has 0 saturated carbocycles. The van der Waals surface area contributed by atoms with E-state index in [4.69, 9.17) is 4.74 Å². The van der Waals surface area contributed by atoms with Crippen LogP contribution < -0.4 is 5.56 Å². The Morgan fingerprint density at radius 3 is 2.69 bits per heavy atom. The maximum absolute atomic E-state index is 12.2. The maximum atomic E-state index is 12.2. The number of pyridine rings is 1. The SMILES string of the molecule is Cc1ccn2c(=O)cc(COC(=O)CCc3c(C)nn(CC(C)C)c3C)nc2c1. The zero-order chi connectivity index (χ0) is 21.1. The van der Waals surface area contributed by atoms with Crippen molar-refractivity contribution in [1.82, 2.24) is 19.2 Å². The molecule has 0 radical (unpaired) electrons. The van der Waals surface area contributed by atoms with E-state index in [0.717, 1.165) is 29.1 Å². The van der Waals surface area contributed by atoms with Crippen molar-refractivity contribution < 1.29 is 9.53 Å². The summed E-state index contributed by atoms with van der Waals surface area (Å²) in [5, 5.41) is 4.59. The summed E-state index contributed by atoms with van der Waals surface area (Å²) >= 11 is 0. The second-order valence-electron chi connectivity index (χ2n) is 7.90. The Morgan fingerprint density at radius 1 is 1.21 bits per heavy atom. The van der Waals surface area contributed by atoms with E-state index in [-0.39, 0.29) is 24.6 Å². The van der Waals surface area contributed by atoms with Crippen LogP contribution in [0.3, 0.4) is 0 Å². The van der Waals surface area contributed by atoms with Crippen LogP contribution in [0.4, 0.5) is 0 Å². The molecule has 154 valence electrons. The molecule has 0 spiro atoms. The molecule has 7 heteroatoms. The summed E-state index contributed by atoms with van der Waals surface area (Å²) in [5.41, 5.74) is 4.97. The number of nitrogens with zero attached hydrogens (tertiary/aromatic N) is 4. The van der Waals surface area contributed by atoms with Crippen LogP contribution in [-0.4, -0.2) is 25.1 Å². The van der Waals surface area contributed by atoms with Gasteiger partial charge in [0, 0.05) is 30.9 Å². The van der Waals surface area contributed by atoms with Crippen molar-refractivity contribution >= 4 is 11.6 Å². The number of fused-ring (bicyclic) bond motifs is 1. The highest BCUT2D eigenvalue weighted by molar-refractivity contribution is 5.69. The molecule has 0 aromatic carbocycles. The van der Waals surface area contributed by atoms with Gasteiger partial charge < -0.3 is 4.74 Å². The van der Waals surface area contributed by atoms with E-state index >= 15 is 0 Å². The van der Waals surface area contributed by atoms with Gasteiger partial charge in [-0.05, 0) is 56.4 Å². The topological polar surface area (TPSA) is 78.5 Å². The molecule has 0 fully saturated rings. The summed E-state index contributed by atoms with van der Waals surface area (Å²) in [5.74, 6) is 0.194. The summed E-state index contributed by atoms with van der Waals surface area (Å²) < 4.78 is 8.84. The van der Waals surface area contributed by atoms with Gasteiger partial charge in [0.15, 0.2) is 0 Å². The minimum absolute atomic E-state index is 0.0108. The lowest BCUT2D eigenvalue weighted by Gasteiger charge is -2.08. The lowest BCUT2D eigenvalue weighted by Crippen LogP contribution is -2.16. The number of rotatable bonds is 7. The Bertz CT molecular complexity index is 1100. The van der Waals surface area contributed by atoms with Crippen LogP contribution in [0.2, 0.25) is 0 Å². The van der Waals surface area contributed by atoms with Crippen molar-refractivity contribution in [3.63, 3.8) is 0 Å². The summed E-state index contributed by atoms with van der Waals surface area (Å²) in [6.45, 7) is 11.1. The Balaban J connectivity index is 1.62. The first-order chi connectivity index (χ1) is 13.7. The molecule has 0 N–H and O–H groups in total. The molecule has 0 saturated heterocycles. The van der Waals surface area contributed by atoms with Crippen LogP contribution in [0.15, 0.2) is 29.2 Å². The van der Waals surface area contributed by atoms with Gasteiger partial charge in [-0.25, -0.2) is 4.98 Å². The molecule has 0 bridgehead atoms. The summed E-state index contributed by atoms with van der Waals surface area (Å²) in [6.07, 6.45) is 2.54. The smallest absolute Gasteiger partial charge is 0.306 e. The van der Waals surface area contributed by atoms with E-state index in [0.29, 0.717) is 23.7 Å². The maximum Gasteiger partial charge on any atom is 0.306 e. The van der Waals surface area contributed by atoms with Crippen LogP contribution in [0, 0.1) is 26.7 Å². The van der Waals surface area contributed by atoms with Crippen molar-refractivity contribution in [2.24, 2.45) is 5.92 Å². The molecular weight excluding hydrogens is 368 g/mol. The molecule has 3 rings (SSSR count). The van der Waals surface area contributed by atoms with Gasteiger partial charge in [0.2, 0.25) is 0 Å². The van der Waals surface area contributed by atoms with E-state index in [1.807, 2.05) is 37.6 Å². The Kier molecular flexibility index (Phi) is 6.15. The summed E-state index contributed by atoms with van der Waals surface area (Å²) in [6, 6.07) is 5.08. The highest BCUT2D eigenvalue weighted by atomic mass is 16.5. The Labute approximate surface area is 170 Å². The summed E-state index contributed by atoms with van der Waals surface area (Å²) in [7, 11) is 0. The molecule has 0 amide bonds. The van der Waals surface area contributed by atoms with Crippen LogP contribution in [0.25, 0.3) is 5.65 Å². The second-order valence-corrected chi connectivity index (χ2v) is 7.90. The molecule has 0 aliphatic heterocycles. The molecule has 3 heterocycles. The second kappa shape index (κ2) is 8.59. The van der Waals surface area contributed by atoms with Crippen LogP contribution in [0.5, 0.6) is 0 Å². The molecule has 3 aromatic rings. The zero-order valence-electron chi connectivity index (χ0n) is 17.7. The molecule has 29 heavy (non-hydrogen) atoms. The van der Waals surface area contributed by atoms with Crippen molar-refractivity contribution in [3.8, 4) is 0 Å². The fourth-order valence-corrected chi connectivity index (χ4v) is 3.40. The van der Waals surface area contributed by atoms with E-state index in [1.165, 1.54) is 10.5 Å². The van der Waals surface area contributed by atoms with Crippen molar-refractivity contribution in [3.05, 3.63) is 63.0 Å². The van der Waals surface area contributed by atoms with Crippen molar-refractivity contribution in [2.75, 3.05) is 0 Å². The number of carbonyl (C=O) groups is 1. The van der Waals surface area contributed by atoms with Crippen molar-refractivity contribution in [1.29, 1.82) is 0 Å². The largest absolute Gasteiger partial charge is 0.459 e. The first kappa shape index (κ1) is 20.8. The minimum atomic E-state index is -0.313. The van der Waals surface area contributed by atoms with Gasteiger partial charge in [-0.3, -0.25) is 18.7 Å². The van der Waals surface area contributed by atoms with Gasteiger partial charge in [-0.1, -0.05) is 13.8 Å². The highest BCUT2D eigenvalue weighted by Crippen LogP contribution is 2.17. The van der Waals surface area contributed by atoms with Gasteiger partial charge in [-0.2, -0.15) is 5.10 Å². The number of hydrogen-bond donors (Lipinski definition) is 0. The summed E-state index contributed by atoms with van der Waals surface area (Å²) in [4.78, 5) is 28.9. The number of carbonyl (C=O) groups excluding carboxylic acids is 1. The predicted molar refractivity (Wildman–Crippen MR) is 111 cm³/mol. The van der Waals surface area contributed by atoms with E-state index < -0.39 is 0 Å². The normalized spacial score (nSPS) is 11.4. The van der Waals surface area contributed by atoms with Crippen LogP contribution in [-0.2, 0) is 29.1 Å². The lowest BCUT2D eigenvalue weighted by molar-refractivity contribution is -0.145. The molecular formula is C22H28N4O3. The minimum Gasteiger partial charge on any atom is -0.459 e. The van der Waals surface area contributed by atoms with Crippen LogP contribution in [0.1, 0.15) is 48.5 Å². The predicted octanol–water partition coefficient (Wildman–Crippen LogP) is 3.15. The van der Waals surface area contributed by atoms with Gasteiger partial charge in [-0.15, -0.1) is 0 Å². The molecule has 0 aliphatic rings. The van der Waals surface area contributed by atoms with Gasteiger partial charge in [0.05, 0.1) is 11.4 Å². The first-order valence-corrected chi connectivity index (χ1v) is 9.92. The van der Waals surface area contributed by atoms with Gasteiger partial charge >= 0.3 is 5.97 Å². The third-order valence-corrected chi connectivity index (χ3v) is 4.91. The molecule has 0 unspecified atom stereocenters. The quantitative estimate of drug-likeness (QED) is 0.573.